The van der Waals surface area contributed by atoms with Gasteiger partial charge < -0.3 is 0 Å². The maximum Gasteiger partial charge on any atom is 0.238 e. The minimum Gasteiger partial charge on any atom is -0.278 e. The largest absolute Gasteiger partial charge is 0.278 e. The fourth-order valence-electron chi connectivity index (χ4n) is 6.48. The van der Waals surface area contributed by atoms with Gasteiger partial charge in [0.2, 0.25) is 5.95 Å². The molecule has 4 heteroatoms. The molecule has 9 rings (SSSR count). The van der Waals surface area contributed by atoms with Gasteiger partial charge in [-0.2, -0.15) is 9.97 Å². The Morgan fingerprint density at radius 3 is 1.38 bits per heavy atom. The molecule has 0 unspecified atom stereocenters. The third-order valence-corrected chi connectivity index (χ3v) is 8.88. The van der Waals surface area contributed by atoms with Crippen LogP contribution in [0.3, 0.4) is 0 Å². The van der Waals surface area contributed by atoms with E-state index in [0.717, 1.165) is 33.3 Å². The lowest BCUT2D eigenvalue weighted by Crippen LogP contribution is -2.06. The van der Waals surface area contributed by atoms with Crippen LogP contribution in [0.5, 0.6) is 0 Å². The summed E-state index contributed by atoms with van der Waals surface area (Å²) in [7, 11) is 0. The summed E-state index contributed by atoms with van der Waals surface area (Å²) in [5.74, 6) is 1.87. The van der Waals surface area contributed by atoms with Crippen molar-refractivity contribution in [1.29, 1.82) is 0 Å². The molecule has 0 aliphatic carbocycles. The number of fused-ring (bicyclic) bond motifs is 4. The van der Waals surface area contributed by atoms with Crippen molar-refractivity contribution in [3.8, 4) is 51.0 Å². The highest BCUT2D eigenvalue weighted by molar-refractivity contribution is 6.09. The van der Waals surface area contributed by atoms with Crippen molar-refractivity contribution in [1.82, 2.24) is 19.5 Å². The highest BCUT2D eigenvalue weighted by atomic mass is 15.2. The summed E-state index contributed by atoms with van der Waals surface area (Å²) in [4.78, 5) is 15.1. The lowest BCUT2D eigenvalue weighted by atomic mass is 9.98. The molecule has 0 radical (unpaired) electrons. The van der Waals surface area contributed by atoms with Gasteiger partial charge in [0.1, 0.15) is 0 Å². The van der Waals surface area contributed by atoms with Crippen LogP contribution in [-0.2, 0) is 0 Å². The van der Waals surface area contributed by atoms with Crippen molar-refractivity contribution < 1.29 is 0 Å². The van der Waals surface area contributed by atoms with E-state index in [1.54, 1.807) is 0 Å². The molecule has 220 valence electrons. The van der Waals surface area contributed by atoms with Crippen LogP contribution >= 0.6 is 0 Å². The van der Waals surface area contributed by atoms with Gasteiger partial charge in [-0.3, -0.25) is 4.57 Å². The second-order valence-electron chi connectivity index (χ2n) is 11.7. The van der Waals surface area contributed by atoms with Gasteiger partial charge in [0.05, 0.1) is 11.0 Å². The molecule has 0 fully saturated rings. The summed E-state index contributed by atoms with van der Waals surface area (Å²) >= 11 is 0. The molecule has 0 N–H and O–H groups in total. The predicted molar refractivity (Wildman–Crippen MR) is 193 cm³/mol. The zero-order chi connectivity index (χ0) is 31.2. The molecule has 47 heavy (non-hydrogen) atoms. The number of aromatic nitrogens is 4. The maximum absolute atomic E-state index is 5.08. The van der Waals surface area contributed by atoms with E-state index in [4.69, 9.17) is 15.0 Å². The molecule has 7 aromatic carbocycles. The fourth-order valence-corrected chi connectivity index (χ4v) is 6.48. The Labute approximate surface area is 272 Å². The van der Waals surface area contributed by atoms with Crippen molar-refractivity contribution in [2.75, 3.05) is 0 Å². The van der Waals surface area contributed by atoms with E-state index in [1.165, 1.54) is 32.7 Å². The van der Waals surface area contributed by atoms with Gasteiger partial charge in [0.25, 0.3) is 0 Å². The van der Waals surface area contributed by atoms with Gasteiger partial charge in [-0.25, -0.2) is 4.98 Å². The summed E-state index contributed by atoms with van der Waals surface area (Å²) in [5.41, 5.74) is 8.72. The number of rotatable bonds is 5. The molecule has 0 saturated carbocycles. The van der Waals surface area contributed by atoms with Crippen molar-refractivity contribution in [3.05, 3.63) is 170 Å². The van der Waals surface area contributed by atoms with Crippen molar-refractivity contribution in [3.63, 3.8) is 0 Å². The summed E-state index contributed by atoms with van der Waals surface area (Å²) in [6.45, 7) is 0. The Morgan fingerprint density at radius 2 is 0.766 bits per heavy atom. The van der Waals surface area contributed by atoms with Crippen LogP contribution in [0.1, 0.15) is 0 Å². The van der Waals surface area contributed by atoms with Crippen LogP contribution < -0.4 is 0 Å². The molecule has 9 aromatic rings. The first-order valence-corrected chi connectivity index (χ1v) is 15.8. The number of para-hydroxylation sites is 2. The van der Waals surface area contributed by atoms with Gasteiger partial charge in [0, 0.05) is 21.9 Å². The number of hydrogen-bond donors (Lipinski definition) is 0. The van der Waals surface area contributed by atoms with E-state index in [2.05, 4.69) is 144 Å². The van der Waals surface area contributed by atoms with Crippen LogP contribution in [0.2, 0.25) is 0 Å². The van der Waals surface area contributed by atoms with Crippen LogP contribution in [0, 0.1) is 0 Å². The minimum absolute atomic E-state index is 0.597. The third kappa shape index (κ3) is 4.84. The second-order valence-corrected chi connectivity index (χ2v) is 11.7. The molecule has 2 heterocycles. The van der Waals surface area contributed by atoms with Crippen molar-refractivity contribution in [2.24, 2.45) is 0 Å². The van der Waals surface area contributed by atoms with Crippen LogP contribution in [0.4, 0.5) is 0 Å². The minimum atomic E-state index is 0.597. The summed E-state index contributed by atoms with van der Waals surface area (Å²) < 4.78 is 2.15. The highest BCUT2D eigenvalue weighted by Crippen LogP contribution is 2.33. The molecule has 0 aliphatic heterocycles. The van der Waals surface area contributed by atoms with Gasteiger partial charge in [-0.1, -0.05) is 152 Å². The van der Waals surface area contributed by atoms with Crippen LogP contribution in [-0.4, -0.2) is 19.5 Å². The molecule has 4 nitrogen and oxygen atoms in total. The Bertz CT molecular complexity index is 2500. The average molecular weight is 601 g/mol. The Kier molecular flexibility index (Phi) is 6.43. The maximum atomic E-state index is 5.08. The van der Waals surface area contributed by atoms with E-state index in [1.807, 2.05) is 30.3 Å². The van der Waals surface area contributed by atoms with Gasteiger partial charge in [0.15, 0.2) is 11.6 Å². The molecule has 0 aliphatic rings. The zero-order valence-electron chi connectivity index (χ0n) is 25.5. The molecular weight excluding hydrogens is 573 g/mol. The first kappa shape index (κ1) is 27.0. The molecule has 0 atom stereocenters. The lowest BCUT2D eigenvalue weighted by Gasteiger charge is -2.11. The Balaban J connectivity index is 1.11. The fraction of sp³-hybridized carbons (Fsp3) is 0. The highest BCUT2D eigenvalue weighted by Gasteiger charge is 2.17. The Morgan fingerprint density at radius 1 is 0.319 bits per heavy atom. The first-order valence-electron chi connectivity index (χ1n) is 15.8. The zero-order valence-corrected chi connectivity index (χ0v) is 25.5. The molecule has 0 spiro atoms. The molecule has 0 amide bonds. The van der Waals surface area contributed by atoms with E-state index < -0.39 is 0 Å². The average Bonchev–Trinajstić information content (AvgIpc) is 3.49. The lowest BCUT2D eigenvalue weighted by molar-refractivity contribution is 0.953. The monoisotopic (exact) mass is 600 g/mol. The van der Waals surface area contributed by atoms with Crippen molar-refractivity contribution >= 4 is 32.6 Å². The third-order valence-electron chi connectivity index (χ3n) is 8.88. The molecular formula is C43H28N4. The van der Waals surface area contributed by atoms with Gasteiger partial charge in [-0.05, 0) is 51.2 Å². The van der Waals surface area contributed by atoms with Gasteiger partial charge >= 0.3 is 0 Å². The summed E-state index contributed by atoms with van der Waals surface area (Å²) in [6.07, 6.45) is 0. The normalized spacial score (nSPS) is 11.4. The Hall–Kier alpha value is -6.39. The topological polar surface area (TPSA) is 43.6 Å². The molecule has 2 aromatic heterocycles. The van der Waals surface area contributed by atoms with E-state index in [0.29, 0.717) is 17.6 Å². The SMILES string of the molecule is c1ccc(-c2nc(-c3ccc(-c4ccc(-c5ccc6ccccc6c5)cc4)cc3)nc(-n3c4ccccc4c4ccccc43)n2)cc1. The molecule has 0 bridgehead atoms. The summed E-state index contributed by atoms with van der Waals surface area (Å²) in [5, 5.41) is 4.84. The smallest absolute Gasteiger partial charge is 0.238 e. The molecule has 0 saturated heterocycles. The quantitative estimate of drug-likeness (QED) is 0.197. The van der Waals surface area contributed by atoms with Crippen LogP contribution in [0.25, 0.3) is 83.6 Å². The number of hydrogen-bond acceptors (Lipinski definition) is 3. The van der Waals surface area contributed by atoms with Crippen LogP contribution in [0.15, 0.2) is 170 Å². The number of benzene rings is 7. The van der Waals surface area contributed by atoms with Crippen molar-refractivity contribution in [2.45, 2.75) is 0 Å². The second kappa shape index (κ2) is 11.2. The predicted octanol–water partition coefficient (Wildman–Crippen LogP) is 10.8. The first-order chi connectivity index (χ1) is 23.3. The number of nitrogens with zero attached hydrogens (tertiary/aromatic N) is 4. The van der Waals surface area contributed by atoms with Gasteiger partial charge in [-0.15, -0.1) is 0 Å². The van der Waals surface area contributed by atoms with E-state index in [9.17, 15) is 0 Å². The van der Waals surface area contributed by atoms with E-state index in [-0.39, 0.29) is 0 Å². The van der Waals surface area contributed by atoms with E-state index >= 15 is 0 Å². The standard InChI is InChI=1S/C43H28N4/c1-2-11-33(12-3-1)41-44-42(46-43(45-41)47-39-16-8-6-14-37(39)38-15-7-9-17-40(38)47)34-25-22-31(23-26-34)30-18-20-32(21-19-30)36-27-24-29-10-4-5-13-35(29)28-36/h1-28H. The summed E-state index contributed by atoms with van der Waals surface area (Å²) in [6, 6.07) is 59.3.